The number of benzene rings is 6. The van der Waals surface area contributed by atoms with Crippen LogP contribution in [0.2, 0.25) is 0 Å². The van der Waals surface area contributed by atoms with E-state index < -0.39 is 0 Å². The fraction of sp³-hybridized carbons (Fsp3) is 0.0952. The lowest BCUT2D eigenvalue weighted by molar-refractivity contribution is 0.588. The number of hydrogen-bond donors (Lipinski definition) is 0. The summed E-state index contributed by atoms with van der Waals surface area (Å²) < 4.78 is 4.60. The van der Waals surface area contributed by atoms with Crippen LogP contribution in [0.25, 0.3) is 71.0 Å². The number of para-hydroxylation sites is 3. The van der Waals surface area contributed by atoms with Gasteiger partial charge in [-0.3, -0.25) is 0 Å². The summed E-state index contributed by atoms with van der Waals surface area (Å²) in [6.07, 6.45) is 0. The molecule has 0 radical (unpaired) electrons. The maximum atomic E-state index is 9.96. The molecular formula is C42H30N4. The maximum absolute atomic E-state index is 9.96. The van der Waals surface area contributed by atoms with E-state index in [2.05, 4.69) is 156 Å². The second-order valence-corrected chi connectivity index (χ2v) is 12.9. The SMILES string of the molecule is [C-]#[N+]c1cc(C(C)(C)C)c(-n2c3ccccc3c3cc(-c4ccc5c(c4)c4ccccc4n5-c4ccccc4)ccc32)cc1C#N. The fourth-order valence-electron chi connectivity index (χ4n) is 6.96. The van der Waals surface area contributed by atoms with E-state index >= 15 is 0 Å². The third-order valence-corrected chi connectivity index (χ3v) is 9.10. The molecule has 0 aliphatic rings. The van der Waals surface area contributed by atoms with Crippen molar-refractivity contribution in [2.45, 2.75) is 26.2 Å². The van der Waals surface area contributed by atoms with Gasteiger partial charge in [-0.05, 0) is 82.8 Å². The molecule has 6 aromatic carbocycles. The Balaban J connectivity index is 1.37. The summed E-state index contributed by atoms with van der Waals surface area (Å²) in [5, 5.41) is 14.7. The average molecular weight is 591 g/mol. The first-order valence-corrected chi connectivity index (χ1v) is 15.5. The van der Waals surface area contributed by atoms with Crippen LogP contribution in [0.4, 0.5) is 5.69 Å². The lowest BCUT2D eigenvalue weighted by Gasteiger charge is -2.25. The third kappa shape index (κ3) is 4.12. The molecule has 0 N–H and O–H groups in total. The lowest BCUT2D eigenvalue weighted by atomic mass is 9.84. The Morgan fingerprint density at radius 2 is 1.11 bits per heavy atom. The van der Waals surface area contributed by atoms with Crippen LogP contribution in [0, 0.1) is 17.9 Å². The Bertz CT molecular complexity index is 2580. The van der Waals surface area contributed by atoms with Crippen LogP contribution in [0.15, 0.2) is 127 Å². The molecule has 2 aromatic heterocycles. The van der Waals surface area contributed by atoms with Crippen LogP contribution >= 0.6 is 0 Å². The Kier molecular flexibility index (Phi) is 6.11. The second-order valence-electron chi connectivity index (χ2n) is 12.9. The van der Waals surface area contributed by atoms with Crippen molar-refractivity contribution in [1.29, 1.82) is 5.26 Å². The summed E-state index contributed by atoms with van der Waals surface area (Å²) in [5.41, 5.74) is 10.5. The smallest absolute Gasteiger partial charge is 0.205 e. The molecule has 46 heavy (non-hydrogen) atoms. The minimum atomic E-state index is -0.241. The highest BCUT2D eigenvalue weighted by molar-refractivity contribution is 6.12. The predicted molar refractivity (Wildman–Crippen MR) is 190 cm³/mol. The summed E-state index contributed by atoms with van der Waals surface area (Å²) in [6, 6.07) is 47.1. The van der Waals surface area contributed by atoms with Gasteiger partial charge in [-0.15, -0.1) is 0 Å². The summed E-state index contributed by atoms with van der Waals surface area (Å²) in [7, 11) is 0. The van der Waals surface area contributed by atoms with Gasteiger partial charge in [-0.1, -0.05) is 87.5 Å². The number of nitrogens with zero attached hydrogens (tertiary/aromatic N) is 4. The molecule has 0 bridgehead atoms. The molecule has 2 heterocycles. The average Bonchev–Trinajstić information content (AvgIpc) is 3.59. The largest absolute Gasteiger partial charge is 0.309 e. The Morgan fingerprint density at radius 3 is 1.67 bits per heavy atom. The molecule has 4 heteroatoms. The zero-order valence-electron chi connectivity index (χ0n) is 25.9. The van der Waals surface area contributed by atoms with Crippen LogP contribution < -0.4 is 0 Å². The predicted octanol–water partition coefficient (Wildman–Crippen LogP) is 11.3. The van der Waals surface area contributed by atoms with Gasteiger partial charge in [0, 0.05) is 32.9 Å². The summed E-state index contributed by atoms with van der Waals surface area (Å²) in [6.45, 7) is 14.2. The molecule has 0 aliphatic carbocycles. The van der Waals surface area contributed by atoms with Crippen LogP contribution in [-0.4, -0.2) is 9.13 Å². The molecule has 0 saturated heterocycles. The van der Waals surface area contributed by atoms with Crippen molar-refractivity contribution >= 4 is 49.3 Å². The highest BCUT2D eigenvalue weighted by atomic mass is 15.0. The van der Waals surface area contributed by atoms with Gasteiger partial charge in [0.15, 0.2) is 0 Å². The third-order valence-electron chi connectivity index (χ3n) is 9.10. The molecule has 4 nitrogen and oxygen atoms in total. The number of fused-ring (bicyclic) bond motifs is 6. The highest BCUT2D eigenvalue weighted by Crippen LogP contribution is 2.41. The zero-order valence-corrected chi connectivity index (χ0v) is 25.9. The van der Waals surface area contributed by atoms with Gasteiger partial charge in [-0.25, -0.2) is 4.85 Å². The lowest BCUT2D eigenvalue weighted by Crippen LogP contribution is -2.15. The van der Waals surface area contributed by atoms with Crippen LogP contribution in [0.3, 0.4) is 0 Å². The summed E-state index contributed by atoms with van der Waals surface area (Å²) in [5.74, 6) is 0. The normalized spacial score (nSPS) is 11.8. The second kappa shape index (κ2) is 10.2. The number of aromatic nitrogens is 2. The molecule has 8 rings (SSSR count). The van der Waals surface area contributed by atoms with E-state index in [1.807, 2.05) is 12.1 Å². The summed E-state index contributed by atoms with van der Waals surface area (Å²) in [4.78, 5) is 3.68. The molecular weight excluding hydrogens is 560 g/mol. The molecule has 0 aliphatic heterocycles. The standard InChI is InChI=1S/C42H30N4/c1-42(2,3)35-25-36(44-4)29(26-43)24-41(35)46-38-17-11-9-15-32(38)34-23-28(19-21-40(34)46)27-18-20-39-33(22-27)31-14-8-10-16-37(31)45(39)30-12-6-5-7-13-30/h5-25H,1-3H3. The van der Waals surface area contributed by atoms with Crippen LogP contribution in [0.5, 0.6) is 0 Å². The summed E-state index contributed by atoms with van der Waals surface area (Å²) >= 11 is 0. The van der Waals surface area contributed by atoms with Crippen molar-refractivity contribution in [3.05, 3.63) is 150 Å². The van der Waals surface area contributed by atoms with Gasteiger partial charge in [-0.2, -0.15) is 5.26 Å². The number of nitriles is 1. The van der Waals surface area contributed by atoms with E-state index in [0.29, 0.717) is 11.3 Å². The van der Waals surface area contributed by atoms with Crippen LogP contribution in [0.1, 0.15) is 31.9 Å². The topological polar surface area (TPSA) is 38.0 Å². The Hall–Kier alpha value is -6.10. The van der Waals surface area contributed by atoms with E-state index in [-0.39, 0.29) is 5.41 Å². The first-order chi connectivity index (χ1) is 22.4. The first-order valence-electron chi connectivity index (χ1n) is 15.5. The Labute approximate surface area is 267 Å². The molecule has 0 saturated carbocycles. The first kappa shape index (κ1) is 27.4. The minimum Gasteiger partial charge on any atom is -0.309 e. The van der Waals surface area contributed by atoms with E-state index in [0.717, 1.165) is 49.9 Å². The Morgan fingerprint density at radius 1 is 0.587 bits per heavy atom. The van der Waals surface area contributed by atoms with Gasteiger partial charge in [0.05, 0.1) is 40.3 Å². The van der Waals surface area contributed by atoms with Crippen molar-refractivity contribution in [3.8, 4) is 28.6 Å². The van der Waals surface area contributed by atoms with E-state index in [1.165, 1.54) is 21.8 Å². The van der Waals surface area contributed by atoms with Gasteiger partial charge in [0.25, 0.3) is 0 Å². The van der Waals surface area contributed by atoms with Crippen molar-refractivity contribution < 1.29 is 0 Å². The molecule has 218 valence electrons. The zero-order chi connectivity index (χ0) is 31.6. The van der Waals surface area contributed by atoms with E-state index in [9.17, 15) is 5.26 Å². The van der Waals surface area contributed by atoms with Gasteiger partial charge >= 0.3 is 0 Å². The molecule has 0 amide bonds. The maximum Gasteiger partial charge on any atom is 0.205 e. The monoisotopic (exact) mass is 590 g/mol. The van der Waals surface area contributed by atoms with Crippen molar-refractivity contribution in [3.63, 3.8) is 0 Å². The van der Waals surface area contributed by atoms with Crippen molar-refractivity contribution in [2.24, 2.45) is 0 Å². The quantitative estimate of drug-likeness (QED) is 0.189. The number of rotatable bonds is 3. The van der Waals surface area contributed by atoms with Gasteiger partial charge in [0.1, 0.15) is 0 Å². The van der Waals surface area contributed by atoms with Crippen LogP contribution in [-0.2, 0) is 5.41 Å². The molecule has 0 spiro atoms. The van der Waals surface area contributed by atoms with E-state index in [4.69, 9.17) is 6.57 Å². The minimum absolute atomic E-state index is 0.241. The van der Waals surface area contributed by atoms with Gasteiger partial charge < -0.3 is 9.13 Å². The molecule has 0 fully saturated rings. The highest BCUT2D eigenvalue weighted by Gasteiger charge is 2.24. The van der Waals surface area contributed by atoms with E-state index in [1.54, 1.807) is 0 Å². The fourth-order valence-corrected chi connectivity index (χ4v) is 6.96. The van der Waals surface area contributed by atoms with Crippen molar-refractivity contribution in [2.75, 3.05) is 0 Å². The molecule has 0 atom stereocenters. The molecule has 0 unspecified atom stereocenters. The molecule has 8 aromatic rings. The van der Waals surface area contributed by atoms with Crippen molar-refractivity contribution in [1.82, 2.24) is 9.13 Å². The van der Waals surface area contributed by atoms with Gasteiger partial charge in [0.2, 0.25) is 5.69 Å². The number of hydrogen-bond acceptors (Lipinski definition) is 1.